The lowest BCUT2D eigenvalue weighted by Crippen LogP contribution is -2.18. The molecule has 0 aromatic rings. The highest BCUT2D eigenvalue weighted by molar-refractivity contribution is 5.79. The zero-order valence-electron chi connectivity index (χ0n) is 13.6. The second-order valence-corrected chi connectivity index (χ2v) is 7.31. The predicted octanol–water partition coefficient (Wildman–Crippen LogP) is 4.13. The summed E-state index contributed by atoms with van der Waals surface area (Å²) in [4.78, 5) is 12.3. The molecule has 21 heavy (non-hydrogen) atoms. The number of allylic oxidation sites excluding steroid dienone is 3. The molecule has 0 N–H and O–H groups in total. The molecule has 0 bridgehead atoms. The molecule has 114 valence electrons. The molecule has 2 nitrogen and oxygen atoms in total. The van der Waals surface area contributed by atoms with Crippen molar-refractivity contribution < 1.29 is 9.53 Å². The maximum absolute atomic E-state index is 12.3. The summed E-state index contributed by atoms with van der Waals surface area (Å²) in [6, 6.07) is 0. The van der Waals surface area contributed by atoms with Crippen molar-refractivity contribution in [2.24, 2.45) is 22.7 Å². The van der Waals surface area contributed by atoms with Crippen molar-refractivity contribution in [1.82, 2.24) is 0 Å². The van der Waals surface area contributed by atoms with Gasteiger partial charge in [0.05, 0.1) is 5.92 Å². The van der Waals surface area contributed by atoms with E-state index in [9.17, 15) is 4.79 Å². The molecular weight excluding hydrogens is 260 g/mol. The molecule has 0 heterocycles. The summed E-state index contributed by atoms with van der Waals surface area (Å²) in [5.74, 6) is 2.74. The quantitative estimate of drug-likeness (QED) is 0.441. The van der Waals surface area contributed by atoms with Gasteiger partial charge in [-0.2, -0.15) is 0 Å². The van der Waals surface area contributed by atoms with E-state index >= 15 is 0 Å². The van der Waals surface area contributed by atoms with E-state index in [0.29, 0.717) is 5.92 Å². The average Bonchev–Trinajstić information content (AvgIpc) is 2.85. The molecule has 2 atom stereocenters. The van der Waals surface area contributed by atoms with Gasteiger partial charge in [0.25, 0.3) is 0 Å². The van der Waals surface area contributed by atoms with Gasteiger partial charge in [0.15, 0.2) is 6.10 Å². The van der Waals surface area contributed by atoms with Crippen LogP contribution in [0.3, 0.4) is 0 Å². The van der Waals surface area contributed by atoms with Crippen LogP contribution in [-0.4, -0.2) is 12.1 Å². The minimum Gasteiger partial charge on any atom is -0.445 e. The lowest BCUT2D eigenvalue weighted by Gasteiger charge is -2.13. The first-order valence-corrected chi connectivity index (χ1v) is 7.82. The van der Waals surface area contributed by atoms with Crippen LogP contribution in [-0.2, 0) is 9.53 Å². The minimum atomic E-state index is -0.556. The van der Waals surface area contributed by atoms with Crippen molar-refractivity contribution in [3.8, 4) is 12.3 Å². The molecule has 2 rings (SSSR count). The van der Waals surface area contributed by atoms with Gasteiger partial charge in [-0.25, -0.2) is 0 Å². The van der Waals surface area contributed by atoms with Crippen LogP contribution < -0.4 is 0 Å². The molecule has 0 spiro atoms. The number of esters is 1. The van der Waals surface area contributed by atoms with Gasteiger partial charge in [-0.1, -0.05) is 51.8 Å². The summed E-state index contributed by atoms with van der Waals surface area (Å²) < 4.78 is 5.50. The monoisotopic (exact) mass is 286 g/mol. The summed E-state index contributed by atoms with van der Waals surface area (Å²) in [7, 11) is 0. The van der Waals surface area contributed by atoms with E-state index in [1.54, 1.807) is 0 Å². The number of carbonyl (C=O) groups excluding carboxylic acids is 1. The van der Waals surface area contributed by atoms with Gasteiger partial charge in [-0.05, 0) is 42.1 Å². The van der Waals surface area contributed by atoms with Gasteiger partial charge in [-0.15, -0.1) is 6.42 Å². The van der Waals surface area contributed by atoms with Crippen LogP contribution in [0.1, 0.15) is 47.0 Å². The molecule has 0 radical (unpaired) electrons. The van der Waals surface area contributed by atoms with Gasteiger partial charge in [0.1, 0.15) is 0 Å². The molecule has 1 saturated carbocycles. The normalized spacial score (nSPS) is 28.0. The van der Waals surface area contributed by atoms with Gasteiger partial charge in [-0.3, -0.25) is 4.79 Å². The second kappa shape index (κ2) is 5.72. The first-order valence-electron chi connectivity index (χ1n) is 7.82. The fourth-order valence-electron chi connectivity index (χ4n) is 3.35. The van der Waals surface area contributed by atoms with Crippen molar-refractivity contribution in [2.45, 2.75) is 53.1 Å². The molecule has 2 unspecified atom stereocenters. The van der Waals surface area contributed by atoms with Crippen molar-refractivity contribution in [3.05, 3.63) is 24.3 Å². The number of hydrogen-bond donors (Lipinski definition) is 0. The molecule has 0 aromatic carbocycles. The summed E-state index contributed by atoms with van der Waals surface area (Å²) >= 11 is 0. The van der Waals surface area contributed by atoms with Crippen LogP contribution in [0.15, 0.2) is 24.3 Å². The Balaban J connectivity index is 1.93. The third kappa shape index (κ3) is 3.07. The van der Waals surface area contributed by atoms with Crippen LogP contribution in [0.25, 0.3) is 0 Å². The predicted molar refractivity (Wildman–Crippen MR) is 85.4 cm³/mol. The number of carbonyl (C=O) groups is 1. The zero-order valence-corrected chi connectivity index (χ0v) is 13.6. The number of terminal acetylenes is 1. The highest BCUT2D eigenvalue weighted by atomic mass is 16.5. The minimum absolute atomic E-state index is 0.0148. The fraction of sp³-hybridized carbons (Fsp3) is 0.632. The molecule has 2 aliphatic rings. The number of hydrogen-bond acceptors (Lipinski definition) is 2. The van der Waals surface area contributed by atoms with E-state index in [0.717, 1.165) is 12.8 Å². The number of rotatable bonds is 4. The van der Waals surface area contributed by atoms with Gasteiger partial charge in [0, 0.05) is 0 Å². The maximum Gasteiger partial charge on any atom is 0.311 e. The Hall–Kier alpha value is -1.49. The van der Waals surface area contributed by atoms with E-state index in [2.05, 4.69) is 51.8 Å². The largest absolute Gasteiger partial charge is 0.445 e. The maximum atomic E-state index is 12.3. The van der Waals surface area contributed by atoms with Crippen LogP contribution in [0, 0.1) is 35.0 Å². The van der Waals surface area contributed by atoms with E-state index in [1.807, 2.05) is 6.08 Å². The molecule has 2 aliphatic carbocycles. The van der Waals surface area contributed by atoms with E-state index in [1.165, 1.54) is 6.42 Å². The third-order valence-electron chi connectivity index (χ3n) is 5.49. The Bertz CT molecular complexity index is 488. The second-order valence-electron chi connectivity index (χ2n) is 7.31. The van der Waals surface area contributed by atoms with Crippen LogP contribution in [0.2, 0.25) is 0 Å². The van der Waals surface area contributed by atoms with Crippen molar-refractivity contribution in [2.75, 3.05) is 0 Å². The van der Waals surface area contributed by atoms with Crippen molar-refractivity contribution in [1.29, 1.82) is 0 Å². The zero-order chi connectivity index (χ0) is 15.7. The van der Waals surface area contributed by atoms with E-state index < -0.39 is 6.10 Å². The fourth-order valence-corrected chi connectivity index (χ4v) is 3.35. The Morgan fingerprint density at radius 3 is 2.52 bits per heavy atom. The Morgan fingerprint density at radius 2 is 2.05 bits per heavy atom. The summed E-state index contributed by atoms with van der Waals surface area (Å²) in [5.41, 5.74) is -0.0297. The SMILES string of the molecule is C#CC(C=CC1C=CCCC1)OC(=O)C1C(C)(C)C1(C)C. The summed E-state index contributed by atoms with van der Waals surface area (Å²) in [6.45, 7) is 8.41. The van der Waals surface area contributed by atoms with Gasteiger partial charge in [0.2, 0.25) is 0 Å². The smallest absolute Gasteiger partial charge is 0.311 e. The number of ether oxygens (including phenoxy) is 1. The molecule has 1 fully saturated rings. The highest BCUT2D eigenvalue weighted by Gasteiger charge is 2.69. The molecule has 0 aromatic heterocycles. The van der Waals surface area contributed by atoms with Crippen molar-refractivity contribution >= 4 is 5.97 Å². The topological polar surface area (TPSA) is 26.3 Å². The van der Waals surface area contributed by atoms with Crippen LogP contribution >= 0.6 is 0 Å². The lowest BCUT2D eigenvalue weighted by molar-refractivity contribution is -0.147. The van der Waals surface area contributed by atoms with Gasteiger partial charge < -0.3 is 4.74 Å². The molecular formula is C19H26O2. The Labute approximate surface area is 128 Å². The van der Waals surface area contributed by atoms with Gasteiger partial charge >= 0.3 is 5.97 Å². The highest BCUT2D eigenvalue weighted by Crippen LogP contribution is 2.68. The Morgan fingerprint density at radius 1 is 1.38 bits per heavy atom. The molecule has 0 aliphatic heterocycles. The lowest BCUT2D eigenvalue weighted by atomic mass is 9.95. The molecule has 0 amide bonds. The van der Waals surface area contributed by atoms with Crippen LogP contribution in [0.4, 0.5) is 0 Å². The first-order chi connectivity index (χ1) is 9.80. The third-order valence-corrected chi connectivity index (χ3v) is 5.49. The van der Waals surface area contributed by atoms with Crippen LogP contribution in [0.5, 0.6) is 0 Å². The summed E-state index contributed by atoms with van der Waals surface area (Å²) in [5, 5.41) is 0. The van der Waals surface area contributed by atoms with Crippen molar-refractivity contribution in [3.63, 3.8) is 0 Å². The molecule has 0 saturated heterocycles. The van der Waals surface area contributed by atoms with E-state index in [4.69, 9.17) is 11.2 Å². The Kier molecular flexibility index (Phi) is 4.33. The summed E-state index contributed by atoms with van der Waals surface area (Å²) in [6.07, 6.45) is 16.8. The average molecular weight is 286 g/mol. The first kappa shape index (κ1) is 15.9. The molecule has 2 heteroatoms. The standard InChI is InChI=1S/C19H26O2/c1-6-15(13-12-14-10-8-7-9-11-14)21-17(20)16-18(2,3)19(16,4)5/h1,8,10,12-16H,7,9,11H2,2-5H3. The van der Waals surface area contributed by atoms with E-state index in [-0.39, 0.29) is 22.7 Å².